The molecular formula is C14H23N. The average Bonchev–Trinajstić information content (AvgIpc) is 2.31. The number of fused-ring (bicyclic) bond motifs is 1. The van der Waals surface area contributed by atoms with Crippen molar-refractivity contribution in [1.82, 2.24) is 4.90 Å². The van der Waals surface area contributed by atoms with E-state index in [4.69, 9.17) is 0 Å². The van der Waals surface area contributed by atoms with Crippen LogP contribution in [0.3, 0.4) is 0 Å². The van der Waals surface area contributed by atoms with Crippen LogP contribution in [0.15, 0.2) is 18.2 Å². The molecule has 0 saturated carbocycles. The summed E-state index contributed by atoms with van der Waals surface area (Å²) in [6.07, 6.45) is 1.23. The fourth-order valence-electron chi connectivity index (χ4n) is 2.13. The highest BCUT2D eigenvalue weighted by Gasteiger charge is 2.15. The van der Waals surface area contributed by atoms with E-state index in [1.54, 1.807) is 5.56 Å². The Kier molecular flexibility index (Phi) is 4.83. The molecule has 0 fully saturated rings. The second kappa shape index (κ2) is 5.92. The van der Waals surface area contributed by atoms with Crippen molar-refractivity contribution in [1.29, 1.82) is 0 Å². The summed E-state index contributed by atoms with van der Waals surface area (Å²) in [4.78, 5) is 2.50. The molecule has 84 valence electrons. The van der Waals surface area contributed by atoms with E-state index in [0.717, 1.165) is 6.54 Å². The smallest absolute Gasteiger partial charge is 0.0236 e. The number of nitrogens with zero attached hydrogens (tertiary/aromatic N) is 1. The Morgan fingerprint density at radius 3 is 2.67 bits per heavy atom. The van der Waals surface area contributed by atoms with Crippen LogP contribution in [-0.2, 0) is 13.0 Å². The highest BCUT2D eigenvalue weighted by Crippen LogP contribution is 2.21. The minimum Gasteiger partial charge on any atom is -0.299 e. The van der Waals surface area contributed by atoms with E-state index in [9.17, 15) is 0 Å². The molecule has 0 N–H and O–H groups in total. The molecule has 0 atom stereocenters. The first kappa shape index (κ1) is 12.3. The SMILES string of the molecule is CC.CCN1CCc2c(C)cccc2C1. The summed E-state index contributed by atoms with van der Waals surface area (Å²) in [7, 11) is 0. The Hall–Kier alpha value is -0.820. The van der Waals surface area contributed by atoms with Crippen LogP contribution >= 0.6 is 0 Å². The molecule has 1 aliphatic heterocycles. The largest absolute Gasteiger partial charge is 0.299 e. The monoisotopic (exact) mass is 205 g/mol. The summed E-state index contributed by atoms with van der Waals surface area (Å²) < 4.78 is 0. The van der Waals surface area contributed by atoms with E-state index in [2.05, 4.69) is 36.9 Å². The van der Waals surface area contributed by atoms with E-state index in [-0.39, 0.29) is 0 Å². The van der Waals surface area contributed by atoms with Gasteiger partial charge >= 0.3 is 0 Å². The molecule has 15 heavy (non-hydrogen) atoms. The predicted molar refractivity (Wildman–Crippen MR) is 67.2 cm³/mol. The van der Waals surface area contributed by atoms with E-state index in [1.165, 1.54) is 30.6 Å². The van der Waals surface area contributed by atoms with Crippen LogP contribution in [0.25, 0.3) is 0 Å². The second-order valence-corrected chi connectivity index (χ2v) is 3.83. The zero-order valence-corrected chi connectivity index (χ0v) is 10.5. The maximum atomic E-state index is 2.50. The first-order valence-electron chi connectivity index (χ1n) is 6.11. The number of likely N-dealkylation sites (N-methyl/N-ethyl adjacent to an activating group) is 1. The van der Waals surface area contributed by atoms with Gasteiger partial charge in [-0.25, -0.2) is 0 Å². The Labute approximate surface area is 94.1 Å². The molecule has 0 aliphatic carbocycles. The van der Waals surface area contributed by atoms with Gasteiger partial charge < -0.3 is 0 Å². The van der Waals surface area contributed by atoms with Crippen molar-refractivity contribution in [2.75, 3.05) is 13.1 Å². The van der Waals surface area contributed by atoms with Crippen LogP contribution in [0.5, 0.6) is 0 Å². The van der Waals surface area contributed by atoms with Gasteiger partial charge in [0.25, 0.3) is 0 Å². The van der Waals surface area contributed by atoms with Gasteiger partial charge in [0.1, 0.15) is 0 Å². The molecule has 1 aromatic carbocycles. The first-order chi connectivity index (χ1) is 7.31. The lowest BCUT2D eigenvalue weighted by molar-refractivity contribution is 0.268. The van der Waals surface area contributed by atoms with E-state index >= 15 is 0 Å². The number of hydrogen-bond donors (Lipinski definition) is 0. The molecule has 0 saturated heterocycles. The third-order valence-electron chi connectivity index (χ3n) is 3.03. The van der Waals surface area contributed by atoms with Gasteiger partial charge in [0.15, 0.2) is 0 Å². The van der Waals surface area contributed by atoms with Gasteiger partial charge in [0.05, 0.1) is 0 Å². The summed E-state index contributed by atoms with van der Waals surface area (Å²) in [5, 5.41) is 0. The molecule has 1 nitrogen and oxygen atoms in total. The van der Waals surface area contributed by atoms with Gasteiger partial charge in [-0.1, -0.05) is 39.0 Å². The fourth-order valence-corrected chi connectivity index (χ4v) is 2.13. The van der Waals surface area contributed by atoms with Crippen LogP contribution in [0, 0.1) is 6.92 Å². The van der Waals surface area contributed by atoms with E-state index < -0.39 is 0 Å². The minimum absolute atomic E-state index is 1.15. The van der Waals surface area contributed by atoms with Crippen molar-refractivity contribution in [2.45, 2.75) is 40.7 Å². The third kappa shape index (κ3) is 2.82. The van der Waals surface area contributed by atoms with Crippen molar-refractivity contribution >= 4 is 0 Å². The topological polar surface area (TPSA) is 3.24 Å². The van der Waals surface area contributed by atoms with Crippen molar-refractivity contribution < 1.29 is 0 Å². The lowest BCUT2D eigenvalue weighted by Gasteiger charge is -2.28. The molecule has 0 bridgehead atoms. The Morgan fingerprint density at radius 1 is 1.27 bits per heavy atom. The summed E-state index contributed by atoms with van der Waals surface area (Å²) in [6.45, 7) is 12.0. The lowest BCUT2D eigenvalue weighted by atomic mass is 9.95. The second-order valence-electron chi connectivity index (χ2n) is 3.83. The molecule has 1 aliphatic rings. The summed E-state index contributed by atoms with van der Waals surface area (Å²) >= 11 is 0. The quantitative estimate of drug-likeness (QED) is 0.679. The van der Waals surface area contributed by atoms with Gasteiger partial charge in [0, 0.05) is 13.1 Å². The zero-order chi connectivity index (χ0) is 11.3. The molecule has 0 aromatic heterocycles. The molecular weight excluding hydrogens is 182 g/mol. The Bertz CT molecular complexity index is 304. The van der Waals surface area contributed by atoms with Gasteiger partial charge in [-0.05, 0) is 36.6 Å². The zero-order valence-electron chi connectivity index (χ0n) is 10.5. The molecule has 0 radical (unpaired) electrons. The van der Waals surface area contributed by atoms with Crippen LogP contribution in [0.4, 0.5) is 0 Å². The number of aryl methyl sites for hydroxylation is 1. The third-order valence-corrected chi connectivity index (χ3v) is 3.03. The van der Waals surface area contributed by atoms with E-state index in [1.807, 2.05) is 13.8 Å². The number of benzene rings is 1. The van der Waals surface area contributed by atoms with Crippen molar-refractivity contribution in [2.24, 2.45) is 0 Å². The van der Waals surface area contributed by atoms with Crippen molar-refractivity contribution in [3.8, 4) is 0 Å². The Morgan fingerprint density at radius 2 is 2.00 bits per heavy atom. The van der Waals surface area contributed by atoms with Crippen molar-refractivity contribution in [3.63, 3.8) is 0 Å². The summed E-state index contributed by atoms with van der Waals surface area (Å²) in [5.41, 5.74) is 4.59. The molecule has 0 amide bonds. The van der Waals surface area contributed by atoms with Crippen molar-refractivity contribution in [3.05, 3.63) is 34.9 Å². The first-order valence-corrected chi connectivity index (χ1v) is 6.11. The standard InChI is InChI=1S/C12H17N.C2H6/c1-3-13-8-7-12-10(2)5-4-6-11(12)9-13;1-2/h4-6H,3,7-9H2,1-2H3;1-2H3. The van der Waals surface area contributed by atoms with Gasteiger partial charge in [0.2, 0.25) is 0 Å². The lowest BCUT2D eigenvalue weighted by Crippen LogP contribution is -2.30. The van der Waals surface area contributed by atoms with Crippen LogP contribution in [0.2, 0.25) is 0 Å². The summed E-state index contributed by atoms with van der Waals surface area (Å²) in [5.74, 6) is 0. The maximum Gasteiger partial charge on any atom is 0.0236 e. The molecule has 0 unspecified atom stereocenters. The number of hydrogen-bond acceptors (Lipinski definition) is 1. The normalized spacial score (nSPS) is 15.2. The van der Waals surface area contributed by atoms with Crippen LogP contribution in [0.1, 0.15) is 37.5 Å². The number of rotatable bonds is 1. The summed E-state index contributed by atoms with van der Waals surface area (Å²) in [6, 6.07) is 6.66. The van der Waals surface area contributed by atoms with Crippen LogP contribution < -0.4 is 0 Å². The highest BCUT2D eigenvalue weighted by atomic mass is 15.1. The van der Waals surface area contributed by atoms with Crippen LogP contribution in [-0.4, -0.2) is 18.0 Å². The minimum atomic E-state index is 1.15. The molecule has 1 heteroatoms. The Balaban J connectivity index is 0.000000531. The average molecular weight is 205 g/mol. The highest BCUT2D eigenvalue weighted by molar-refractivity contribution is 5.35. The molecule has 1 aromatic rings. The van der Waals surface area contributed by atoms with E-state index in [0.29, 0.717) is 0 Å². The molecule has 2 rings (SSSR count). The van der Waals surface area contributed by atoms with Gasteiger partial charge in [-0.2, -0.15) is 0 Å². The van der Waals surface area contributed by atoms with Gasteiger partial charge in [-0.3, -0.25) is 4.90 Å². The molecule has 1 heterocycles. The predicted octanol–water partition coefficient (Wildman–Crippen LogP) is 3.40. The molecule has 0 spiro atoms. The maximum absolute atomic E-state index is 2.50. The van der Waals surface area contributed by atoms with Gasteiger partial charge in [-0.15, -0.1) is 0 Å². The fraction of sp³-hybridized carbons (Fsp3) is 0.571.